The topological polar surface area (TPSA) is 78.0 Å². The lowest BCUT2D eigenvalue weighted by Gasteiger charge is -2.13. The second kappa shape index (κ2) is 7.47. The van der Waals surface area contributed by atoms with E-state index < -0.39 is 5.91 Å². The number of amides is 1. The lowest BCUT2D eigenvalue weighted by molar-refractivity contribution is -0.118. The van der Waals surface area contributed by atoms with Crippen LogP contribution < -0.4 is 11.3 Å². The second-order valence-electron chi connectivity index (χ2n) is 5.24. The van der Waals surface area contributed by atoms with Gasteiger partial charge in [0.05, 0.1) is 26.7 Å². The smallest absolute Gasteiger partial charge is 0.261 e. The van der Waals surface area contributed by atoms with Crippen LogP contribution in [0, 0.1) is 0 Å². The minimum absolute atomic E-state index is 0.233. The molecule has 0 saturated heterocycles. The molecule has 25 heavy (non-hydrogen) atoms. The number of carbonyl (C=O) groups is 1. The summed E-state index contributed by atoms with van der Waals surface area (Å²) in [6, 6.07) is 12.2. The van der Waals surface area contributed by atoms with Crippen LogP contribution in [-0.4, -0.2) is 15.5 Å². The van der Waals surface area contributed by atoms with Gasteiger partial charge >= 0.3 is 0 Å². The third kappa shape index (κ3) is 3.81. The number of aromatic nitrogens is 2. The van der Waals surface area contributed by atoms with Crippen LogP contribution in [0.25, 0.3) is 10.9 Å². The summed E-state index contributed by atoms with van der Waals surface area (Å²) in [6.07, 6.45) is 0. The van der Waals surface area contributed by atoms with Crippen molar-refractivity contribution in [3.63, 3.8) is 0 Å². The number of carbonyl (C=O) groups excluding carboxylic acids is 1. The highest BCUT2D eigenvalue weighted by atomic mass is 35.5. The Hall–Kier alpha value is -2.02. The van der Waals surface area contributed by atoms with E-state index in [-0.39, 0.29) is 12.1 Å². The Bertz CT molecular complexity index is 1000. The van der Waals surface area contributed by atoms with Gasteiger partial charge in [-0.05, 0) is 24.3 Å². The van der Waals surface area contributed by atoms with Crippen LogP contribution in [0.5, 0.6) is 0 Å². The van der Waals surface area contributed by atoms with Gasteiger partial charge in [-0.15, -0.1) is 11.8 Å². The Balaban J connectivity index is 2.05. The van der Waals surface area contributed by atoms with Gasteiger partial charge in [-0.3, -0.25) is 14.2 Å². The molecule has 3 rings (SSSR count). The summed E-state index contributed by atoms with van der Waals surface area (Å²) < 4.78 is 1.29. The molecule has 128 valence electrons. The number of para-hydroxylation sites is 1. The summed E-state index contributed by atoms with van der Waals surface area (Å²) in [7, 11) is 0. The lowest BCUT2D eigenvalue weighted by Crippen LogP contribution is -2.31. The van der Waals surface area contributed by atoms with Crippen molar-refractivity contribution in [2.24, 2.45) is 5.73 Å². The molecule has 5 nitrogen and oxygen atoms in total. The first kappa shape index (κ1) is 17.8. The fraction of sp³-hybridized carbons (Fsp3) is 0.118. The predicted molar refractivity (Wildman–Crippen MR) is 101 cm³/mol. The number of fused-ring (bicyclic) bond motifs is 1. The van der Waals surface area contributed by atoms with E-state index in [0.29, 0.717) is 37.4 Å². The second-order valence-corrected chi connectivity index (χ2v) is 7.04. The molecule has 8 heteroatoms. The molecule has 0 bridgehead atoms. The van der Waals surface area contributed by atoms with Crippen LogP contribution in [-0.2, 0) is 17.1 Å². The minimum Gasteiger partial charge on any atom is -0.368 e. The summed E-state index contributed by atoms with van der Waals surface area (Å²) in [5, 5.41) is 1.47. The molecular weight excluding hydrogens is 381 g/mol. The third-order valence-corrected chi connectivity index (χ3v) is 5.50. The number of halogens is 2. The quantitative estimate of drug-likeness (QED) is 0.672. The number of benzene rings is 2. The molecule has 0 atom stereocenters. The SMILES string of the molecule is NC(=O)Cn1c(CSc2c(Cl)cccc2Cl)nc2ccccc2c1=O. The Labute approximate surface area is 157 Å². The van der Waals surface area contributed by atoms with Crippen LogP contribution in [0.1, 0.15) is 5.82 Å². The molecule has 1 amide bonds. The van der Waals surface area contributed by atoms with E-state index in [0.717, 1.165) is 0 Å². The van der Waals surface area contributed by atoms with Gasteiger partial charge in [0.1, 0.15) is 12.4 Å². The van der Waals surface area contributed by atoms with Crippen molar-refractivity contribution in [3.8, 4) is 0 Å². The number of primary amides is 1. The van der Waals surface area contributed by atoms with Crippen molar-refractivity contribution >= 4 is 51.8 Å². The molecule has 0 aliphatic carbocycles. The third-order valence-electron chi connectivity index (χ3n) is 3.52. The maximum Gasteiger partial charge on any atom is 0.261 e. The van der Waals surface area contributed by atoms with E-state index in [1.54, 1.807) is 42.5 Å². The van der Waals surface area contributed by atoms with Crippen LogP contribution in [0.4, 0.5) is 0 Å². The first-order valence-electron chi connectivity index (χ1n) is 7.31. The molecule has 1 aromatic heterocycles. The zero-order valence-corrected chi connectivity index (χ0v) is 15.2. The molecule has 3 aromatic rings. The molecule has 2 N–H and O–H groups in total. The summed E-state index contributed by atoms with van der Waals surface area (Å²) >= 11 is 13.7. The lowest BCUT2D eigenvalue weighted by atomic mass is 10.2. The highest BCUT2D eigenvalue weighted by Crippen LogP contribution is 2.35. The Morgan fingerprint density at radius 2 is 1.80 bits per heavy atom. The van der Waals surface area contributed by atoms with E-state index >= 15 is 0 Å². The Morgan fingerprint density at radius 1 is 1.12 bits per heavy atom. The summed E-state index contributed by atoms with van der Waals surface area (Å²) in [5.41, 5.74) is 5.55. The highest BCUT2D eigenvalue weighted by molar-refractivity contribution is 7.98. The maximum absolute atomic E-state index is 12.7. The average molecular weight is 394 g/mol. The molecule has 0 spiro atoms. The molecule has 2 aromatic carbocycles. The van der Waals surface area contributed by atoms with E-state index in [1.165, 1.54) is 16.3 Å². The van der Waals surface area contributed by atoms with Crippen molar-refractivity contribution in [1.82, 2.24) is 9.55 Å². The van der Waals surface area contributed by atoms with Crippen molar-refractivity contribution in [2.45, 2.75) is 17.2 Å². The van der Waals surface area contributed by atoms with E-state index in [9.17, 15) is 9.59 Å². The predicted octanol–water partition coefficient (Wildman–Crippen LogP) is 3.48. The molecule has 0 aliphatic rings. The summed E-state index contributed by atoms with van der Waals surface area (Å²) in [5.74, 6) is 0.140. The fourth-order valence-electron chi connectivity index (χ4n) is 2.40. The number of hydrogen-bond donors (Lipinski definition) is 1. The molecule has 1 heterocycles. The Morgan fingerprint density at radius 3 is 2.48 bits per heavy atom. The number of thioether (sulfide) groups is 1. The van der Waals surface area contributed by atoms with Crippen molar-refractivity contribution < 1.29 is 4.79 Å². The normalized spacial score (nSPS) is 11.0. The summed E-state index contributed by atoms with van der Waals surface area (Å²) in [6.45, 7) is -0.233. The maximum atomic E-state index is 12.7. The molecule has 0 aliphatic heterocycles. The van der Waals surface area contributed by atoms with E-state index in [1.807, 2.05) is 0 Å². The van der Waals surface area contributed by atoms with Crippen LogP contribution in [0.2, 0.25) is 10.0 Å². The van der Waals surface area contributed by atoms with E-state index in [4.69, 9.17) is 28.9 Å². The van der Waals surface area contributed by atoms with Crippen molar-refractivity contribution in [2.75, 3.05) is 0 Å². The zero-order chi connectivity index (χ0) is 18.0. The fourth-order valence-corrected chi connectivity index (χ4v) is 4.03. The summed E-state index contributed by atoms with van der Waals surface area (Å²) in [4.78, 5) is 29.3. The van der Waals surface area contributed by atoms with Crippen LogP contribution >= 0.6 is 35.0 Å². The molecule has 0 unspecified atom stereocenters. The average Bonchev–Trinajstić information content (AvgIpc) is 2.57. The van der Waals surface area contributed by atoms with Gasteiger partial charge in [0.15, 0.2) is 0 Å². The number of hydrogen-bond acceptors (Lipinski definition) is 4. The van der Waals surface area contributed by atoms with Crippen LogP contribution in [0.15, 0.2) is 52.2 Å². The number of nitrogens with zero attached hydrogens (tertiary/aromatic N) is 2. The van der Waals surface area contributed by atoms with Crippen LogP contribution in [0.3, 0.4) is 0 Å². The minimum atomic E-state index is -0.610. The van der Waals surface area contributed by atoms with Crippen molar-refractivity contribution in [3.05, 3.63) is 68.7 Å². The highest BCUT2D eigenvalue weighted by Gasteiger charge is 2.14. The van der Waals surface area contributed by atoms with Crippen molar-refractivity contribution in [1.29, 1.82) is 0 Å². The number of nitrogens with two attached hydrogens (primary N) is 1. The van der Waals surface area contributed by atoms with Gasteiger partial charge < -0.3 is 5.73 Å². The van der Waals surface area contributed by atoms with Gasteiger partial charge in [0.2, 0.25) is 5.91 Å². The molecule has 0 radical (unpaired) electrons. The van der Waals surface area contributed by atoms with Gasteiger partial charge in [-0.25, -0.2) is 4.98 Å². The molecule has 0 fully saturated rings. The van der Waals surface area contributed by atoms with Gasteiger partial charge in [0.25, 0.3) is 5.56 Å². The standard InChI is InChI=1S/C17H13Cl2N3O2S/c18-11-5-3-6-12(19)16(11)25-9-15-21-13-7-2-1-4-10(13)17(24)22(15)8-14(20)23/h1-7H,8-9H2,(H2,20,23). The zero-order valence-electron chi connectivity index (χ0n) is 12.9. The molecule has 0 saturated carbocycles. The Kier molecular flexibility index (Phi) is 5.32. The largest absolute Gasteiger partial charge is 0.368 e. The number of rotatable bonds is 5. The van der Waals surface area contributed by atoms with Gasteiger partial charge in [0, 0.05) is 4.90 Å². The van der Waals surface area contributed by atoms with Gasteiger partial charge in [-0.2, -0.15) is 0 Å². The van der Waals surface area contributed by atoms with Gasteiger partial charge in [-0.1, -0.05) is 41.4 Å². The van der Waals surface area contributed by atoms with E-state index in [2.05, 4.69) is 4.98 Å². The molecular formula is C17H13Cl2N3O2S. The monoisotopic (exact) mass is 393 g/mol. The first-order valence-corrected chi connectivity index (χ1v) is 9.05. The first-order chi connectivity index (χ1) is 12.0.